The summed E-state index contributed by atoms with van der Waals surface area (Å²) in [5, 5.41) is 3.41. The highest BCUT2D eigenvalue weighted by Gasteiger charge is 2.23. The van der Waals surface area contributed by atoms with Crippen LogP contribution in [0.2, 0.25) is 0 Å². The predicted molar refractivity (Wildman–Crippen MR) is 83.3 cm³/mol. The van der Waals surface area contributed by atoms with Gasteiger partial charge in [-0.2, -0.15) is 0 Å². The maximum atomic E-state index is 13.5. The summed E-state index contributed by atoms with van der Waals surface area (Å²) in [6, 6.07) is 10.8. The topological polar surface area (TPSA) is 37.4 Å². The third-order valence-electron chi connectivity index (χ3n) is 3.90. The summed E-state index contributed by atoms with van der Waals surface area (Å²) in [5.74, 6) is 0.00202. The zero-order valence-corrected chi connectivity index (χ0v) is 12.4. The maximum Gasteiger partial charge on any atom is 0.165 e. The van der Waals surface area contributed by atoms with Gasteiger partial charge in [0.15, 0.2) is 11.6 Å². The number of ether oxygens (including phenoxy) is 1. The Morgan fingerprint density at radius 1 is 1.27 bits per heavy atom. The number of hydrogen-bond acceptors (Lipinski definition) is 4. The van der Waals surface area contributed by atoms with Gasteiger partial charge in [-0.15, -0.1) is 0 Å². The van der Waals surface area contributed by atoms with Gasteiger partial charge < -0.3 is 10.1 Å². The molecule has 5 heteroatoms. The van der Waals surface area contributed by atoms with E-state index in [-0.39, 0.29) is 11.9 Å². The van der Waals surface area contributed by atoms with Crippen LogP contribution in [-0.2, 0) is 0 Å². The van der Waals surface area contributed by atoms with Gasteiger partial charge in [0.05, 0.1) is 0 Å². The highest BCUT2D eigenvalue weighted by molar-refractivity contribution is 5.23. The van der Waals surface area contributed by atoms with Crippen LogP contribution in [0.3, 0.4) is 0 Å². The van der Waals surface area contributed by atoms with E-state index in [0.717, 1.165) is 26.2 Å². The average molecular weight is 301 g/mol. The number of benzene rings is 1. The molecule has 2 aromatic rings. The summed E-state index contributed by atoms with van der Waals surface area (Å²) >= 11 is 0. The van der Waals surface area contributed by atoms with Gasteiger partial charge >= 0.3 is 0 Å². The number of nitrogens with zero attached hydrogens (tertiary/aromatic N) is 2. The summed E-state index contributed by atoms with van der Waals surface area (Å²) < 4.78 is 19.1. The normalized spacial score (nSPS) is 19.0. The molecule has 4 nitrogen and oxygen atoms in total. The lowest BCUT2D eigenvalue weighted by atomic mass is 10.1. The average Bonchev–Trinajstić information content (AvgIpc) is 2.58. The maximum absolute atomic E-state index is 13.5. The standard InChI is InChI=1S/C17H20FN3O/c18-15-5-1-2-6-17(15)22-11-10-21-9-8-20-13-16(21)14-4-3-7-19-12-14/h1-7,12,16,20H,8-11,13H2. The van der Waals surface area contributed by atoms with Crippen molar-refractivity contribution in [3.8, 4) is 5.75 Å². The van der Waals surface area contributed by atoms with E-state index in [4.69, 9.17) is 4.74 Å². The van der Waals surface area contributed by atoms with Crippen LogP contribution >= 0.6 is 0 Å². The van der Waals surface area contributed by atoms with Crippen molar-refractivity contribution in [2.24, 2.45) is 0 Å². The first-order valence-corrected chi connectivity index (χ1v) is 7.56. The first-order valence-electron chi connectivity index (χ1n) is 7.56. The lowest BCUT2D eigenvalue weighted by Gasteiger charge is -2.36. The lowest BCUT2D eigenvalue weighted by Crippen LogP contribution is -2.47. The van der Waals surface area contributed by atoms with Crippen molar-refractivity contribution < 1.29 is 9.13 Å². The first-order chi connectivity index (χ1) is 10.8. The highest BCUT2D eigenvalue weighted by atomic mass is 19.1. The molecular formula is C17H20FN3O. The second-order valence-electron chi connectivity index (χ2n) is 5.32. The quantitative estimate of drug-likeness (QED) is 0.919. The van der Waals surface area contributed by atoms with Crippen molar-refractivity contribution in [2.75, 3.05) is 32.8 Å². The van der Waals surface area contributed by atoms with Crippen LogP contribution in [0, 0.1) is 5.82 Å². The molecule has 1 fully saturated rings. The Balaban J connectivity index is 1.59. The molecule has 1 aliphatic rings. The van der Waals surface area contributed by atoms with Crippen LogP contribution in [-0.4, -0.2) is 42.7 Å². The van der Waals surface area contributed by atoms with Crippen molar-refractivity contribution in [1.29, 1.82) is 0 Å². The number of para-hydroxylation sites is 1. The Labute approximate surface area is 129 Å². The summed E-state index contributed by atoms with van der Waals surface area (Å²) in [5.41, 5.74) is 1.19. The van der Waals surface area contributed by atoms with Crippen LogP contribution in [0.5, 0.6) is 5.75 Å². The lowest BCUT2D eigenvalue weighted by molar-refractivity contribution is 0.132. The number of piperazine rings is 1. The molecule has 0 aliphatic carbocycles. The zero-order valence-electron chi connectivity index (χ0n) is 12.4. The highest BCUT2D eigenvalue weighted by Crippen LogP contribution is 2.21. The van der Waals surface area contributed by atoms with Crippen LogP contribution in [0.25, 0.3) is 0 Å². The Hall–Kier alpha value is -1.98. The molecule has 0 radical (unpaired) electrons. The van der Waals surface area contributed by atoms with E-state index >= 15 is 0 Å². The number of rotatable bonds is 5. The molecule has 116 valence electrons. The molecule has 2 heterocycles. The molecule has 1 unspecified atom stereocenters. The fourth-order valence-electron chi connectivity index (χ4n) is 2.75. The first kappa shape index (κ1) is 14.9. The Bertz CT molecular complexity index is 593. The van der Waals surface area contributed by atoms with E-state index in [1.807, 2.05) is 12.3 Å². The third kappa shape index (κ3) is 3.61. The van der Waals surface area contributed by atoms with Gasteiger partial charge in [0, 0.05) is 44.6 Å². The van der Waals surface area contributed by atoms with Crippen LogP contribution < -0.4 is 10.1 Å². The number of halogens is 1. The third-order valence-corrected chi connectivity index (χ3v) is 3.90. The van der Waals surface area contributed by atoms with Crippen molar-refractivity contribution in [3.05, 3.63) is 60.2 Å². The Kier molecular flexibility index (Phi) is 4.98. The van der Waals surface area contributed by atoms with Crippen LogP contribution in [0.4, 0.5) is 4.39 Å². The van der Waals surface area contributed by atoms with Crippen LogP contribution in [0.15, 0.2) is 48.8 Å². The van der Waals surface area contributed by atoms with E-state index in [1.165, 1.54) is 11.6 Å². The molecule has 1 atom stereocenters. The second-order valence-corrected chi connectivity index (χ2v) is 5.32. The number of aromatic nitrogens is 1. The Morgan fingerprint density at radius 3 is 3.00 bits per heavy atom. The molecule has 1 aromatic heterocycles. The summed E-state index contributed by atoms with van der Waals surface area (Å²) in [6.07, 6.45) is 3.69. The van der Waals surface area contributed by atoms with Gasteiger partial charge in [-0.3, -0.25) is 9.88 Å². The summed E-state index contributed by atoms with van der Waals surface area (Å²) in [4.78, 5) is 6.55. The molecule has 0 amide bonds. The largest absolute Gasteiger partial charge is 0.489 e. The summed E-state index contributed by atoms with van der Waals surface area (Å²) in [6.45, 7) is 4.02. The zero-order chi connectivity index (χ0) is 15.2. The van der Waals surface area contributed by atoms with E-state index in [0.29, 0.717) is 12.4 Å². The predicted octanol–water partition coefficient (Wildman–Crippen LogP) is 2.25. The minimum Gasteiger partial charge on any atom is -0.489 e. The summed E-state index contributed by atoms with van der Waals surface area (Å²) in [7, 11) is 0. The van der Waals surface area contributed by atoms with Gasteiger partial charge in [-0.05, 0) is 23.8 Å². The fourth-order valence-corrected chi connectivity index (χ4v) is 2.75. The van der Waals surface area contributed by atoms with Crippen molar-refractivity contribution >= 4 is 0 Å². The fraction of sp³-hybridized carbons (Fsp3) is 0.353. The Morgan fingerprint density at radius 2 is 2.18 bits per heavy atom. The van der Waals surface area contributed by atoms with E-state index in [2.05, 4.69) is 21.3 Å². The van der Waals surface area contributed by atoms with E-state index in [1.54, 1.807) is 24.4 Å². The molecule has 1 aromatic carbocycles. The molecular weight excluding hydrogens is 281 g/mol. The minimum atomic E-state index is -0.313. The van der Waals surface area contributed by atoms with Gasteiger partial charge in [0.1, 0.15) is 6.61 Å². The number of hydrogen-bond donors (Lipinski definition) is 1. The van der Waals surface area contributed by atoms with Crippen molar-refractivity contribution in [2.45, 2.75) is 6.04 Å². The molecule has 22 heavy (non-hydrogen) atoms. The number of nitrogens with one attached hydrogen (secondary N) is 1. The number of pyridine rings is 1. The molecule has 1 aliphatic heterocycles. The van der Waals surface area contributed by atoms with Gasteiger partial charge in [-0.25, -0.2) is 4.39 Å². The van der Waals surface area contributed by atoms with Gasteiger partial charge in [0.2, 0.25) is 0 Å². The van der Waals surface area contributed by atoms with Gasteiger partial charge in [0.25, 0.3) is 0 Å². The second kappa shape index (κ2) is 7.33. The minimum absolute atomic E-state index is 0.284. The van der Waals surface area contributed by atoms with E-state index < -0.39 is 0 Å². The molecule has 0 saturated carbocycles. The SMILES string of the molecule is Fc1ccccc1OCCN1CCNCC1c1cccnc1. The van der Waals surface area contributed by atoms with Crippen molar-refractivity contribution in [1.82, 2.24) is 15.2 Å². The van der Waals surface area contributed by atoms with Crippen molar-refractivity contribution in [3.63, 3.8) is 0 Å². The van der Waals surface area contributed by atoms with Gasteiger partial charge in [-0.1, -0.05) is 18.2 Å². The molecule has 1 saturated heterocycles. The van der Waals surface area contributed by atoms with E-state index in [9.17, 15) is 4.39 Å². The molecule has 0 bridgehead atoms. The molecule has 3 rings (SSSR count). The monoisotopic (exact) mass is 301 g/mol. The van der Waals surface area contributed by atoms with Crippen LogP contribution in [0.1, 0.15) is 11.6 Å². The smallest absolute Gasteiger partial charge is 0.165 e. The molecule has 0 spiro atoms. The molecule has 1 N–H and O–H groups in total.